The van der Waals surface area contributed by atoms with Gasteiger partial charge in [0.15, 0.2) is 0 Å². The minimum atomic E-state index is -4.44. The van der Waals surface area contributed by atoms with E-state index in [1.807, 2.05) is 0 Å². The predicted molar refractivity (Wildman–Crippen MR) is 86.0 cm³/mol. The van der Waals surface area contributed by atoms with Gasteiger partial charge < -0.3 is 9.47 Å². The van der Waals surface area contributed by atoms with Crippen molar-refractivity contribution in [3.05, 3.63) is 0 Å². The maximum absolute atomic E-state index is 5.06. The molecule has 12 heteroatoms. The normalized spacial score (nSPS) is 11.4. The van der Waals surface area contributed by atoms with Crippen LogP contribution in [0, 0.1) is 0 Å². The van der Waals surface area contributed by atoms with E-state index in [1.54, 1.807) is 14.2 Å². The van der Waals surface area contributed by atoms with E-state index < -0.39 is 10.4 Å². The summed E-state index contributed by atoms with van der Waals surface area (Å²) in [6.45, 7) is 2.01. The smallest absolute Gasteiger partial charge is 0 e. The molecular weight excluding hydrogens is 556 g/mol. The Morgan fingerprint density at radius 1 is 0.737 bits per heavy atom. The first kappa shape index (κ1) is 34.0. The van der Waals surface area contributed by atoms with Crippen LogP contribution in [-0.2, 0) is 29.7 Å². The van der Waals surface area contributed by atoms with Crippen LogP contribution in [0.1, 0.15) is 7.43 Å². The molecule has 0 rings (SSSR count). The van der Waals surface area contributed by atoms with Gasteiger partial charge in [0, 0.05) is 43.8 Å². The second-order valence-electron chi connectivity index (χ2n) is 2.27. The van der Waals surface area contributed by atoms with E-state index >= 15 is 0 Å². The molecule has 0 amide bonds. The molecule has 0 aliphatic carbocycles. The fourth-order valence-electron chi connectivity index (χ4n) is 0.353. The van der Waals surface area contributed by atoms with Crippen LogP contribution in [0.15, 0.2) is 0 Å². The van der Waals surface area contributed by atoms with Crippen LogP contribution in [0.3, 0.4) is 0 Å². The number of ether oxygens (including phenoxy) is 2. The summed E-state index contributed by atoms with van der Waals surface area (Å²) >= 11 is 0. The summed E-state index contributed by atoms with van der Waals surface area (Å²) in [7, 11) is 24.1. The summed E-state index contributed by atoms with van der Waals surface area (Å²) in [6, 6.07) is 0. The van der Waals surface area contributed by atoms with Gasteiger partial charge >= 0.3 is 56.4 Å². The fourth-order valence-corrected chi connectivity index (χ4v) is 0.353. The molecule has 0 fully saturated rings. The fraction of sp³-hybridized carbons (Fsp3) is 1.00. The number of hydrogen-bond donors (Lipinski definition) is 0. The molecule has 0 spiro atoms. The van der Waals surface area contributed by atoms with E-state index in [4.69, 9.17) is 55.4 Å². The topological polar surface area (TPSA) is 36.9 Å². The number of halogens is 5. The minimum Gasteiger partial charge on any atom is 0 e. The molecule has 0 heterocycles. The maximum Gasteiger partial charge on any atom is 0 e. The zero-order valence-corrected chi connectivity index (χ0v) is 21.8. The molecule has 19 heavy (non-hydrogen) atoms. The summed E-state index contributed by atoms with van der Waals surface area (Å²) in [5, 5.41) is 0. The van der Waals surface area contributed by atoms with Crippen LogP contribution < -0.4 is 0 Å². The van der Waals surface area contributed by atoms with Crippen LogP contribution in [0.2, 0.25) is 0 Å². The Bertz CT molecular complexity index is 150. The van der Waals surface area contributed by atoms with Crippen molar-refractivity contribution in [1.29, 1.82) is 0 Å². The second kappa shape index (κ2) is 19.6. The van der Waals surface area contributed by atoms with E-state index in [0.717, 1.165) is 0 Å². The van der Waals surface area contributed by atoms with Gasteiger partial charge in [-0.3, -0.25) is 0 Å². The van der Waals surface area contributed by atoms with E-state index in [0.29, 0.717) is 26.4 Å². The summed E-state index contributed by atoms with van der Waals surface area (Å²) in [5.74, 6) is 0. The third-order valence-corrected chi connectivity index (χ3v) is 0.825. The third kappa shape index (κ3) is 74.0. The van der Waals surface area contributed by atoms with Crippen LogP contribution in [-0.4, -0.2) is 87.6 Å². The largest absolute Gasteiger partial charge is 0 e. The molecule has 0 N–H and O–H groups in total. The first-order valence-electron chi connectivity index (χ1n) is 3.98. The van der Waals surface area contributed by atoms with E-state index in [-0.39, 0.29) is 54.3 Å². The van der Waals surface area contributed by atoms with Gasteiger partial charge in [0.1, 0.15) is 30.6 Å². The first-order valence-corrected chi connectivity index (χ1v) is 23.9. The van der Waals surface area contributed by atoms with E-state index in [9.17, 15) is 0 Å². The van der Waals surface area contributed by atoms with Gasteiger partial charge in [-0.15, -0.1) is 0 Å². The van der Waals surface area contributed by atoms with Gasteiger partial charge in [-0.1, -0.05) is 7.43 Å². The maximum atomic E-state index is 5.06. The monoisotopic (exact) mass is 574 g/mol. The van der Waals surface area contributed by atoms with Crippen molar-refractivity contribution in [3.63, 3.8) is 0 Å². The molecule has 2 radical (unpaired) electrons. The van der Waals surface area contributed by atoms with Crippen molar-refractivity contribution in [2.75, 3.05) is 40.6 Å². The van der Waals surface area contributed by atoms with Crippen molar-refractivity contribution in [3.8, 4) is 0 Å². The number of methoxy groups -OCH3 is 2. The minimum absolute atomic E-state index is 0. The van der Waals surface area contributed by atoms with E-state index in [2.05, 4.69) is 9.78 Å². The first-order chi connectivity index (χ1) is 7.15. The zero-order chi connectivity index (χ0) is 13.1. The molecule has 0 aromatic rings. The SMILES string of the molecule is C.COCCOOCCOC.[AlH2].[Cl][Ta]([Cl])([Cl])([Cl])[Cl].[Na]. The van der Waals surface area contributed by atoms with Crippen molar-refractivity contribution in [2.24, 2.45) is 0 Å². The van der Waals surface area contributed by atoms with Crippen LogP contribution in [0.5, 0.6) is 0 Å². The molecule has 116 valence electrons. The van der Waals surface area contributed by atoms with Crippen LogP contribution in [0.4, 0.5) is 0 Å². The molecule has 0 saturated heterocycles. The quantitative estimate of drug-likeness (QED) is 0.202. The summed E-state index contributed by atoms with van der Waals surface area (Å²) < 4.78 is 9.42. The van der Waals surface area contributed by atoms with Gasteiger partial charge in [0.05, 0.1) is 13.2 Å². The zero-order valence-electron chi connectivity index (χ0n) is 10.8. The Hall–Kier alpha value is 3.56. The Morgan fingerprint density at radius 3 is 1.11 bits per heavy atom. The summed E-state index contributed by atoms with van der Waals surface area (Å²) in [5.41, 5.74) is 0. The Kier molecular flexibility index (Phi) is 35.1. The molecule has 0 aromatic carbocycles. The third-order valence-electron chi connectivity index (χ3n) is 0.825. The average molecular weight is 576 g/mol. The number of rotatable bonds is 7. The van der Waals surface area contributed by atoms with Gasteiger partial charge in [0.25, 0.3) is 0 Å². The summed E-state index contributed by atoms with van der Waals surface area (Å²) in [6.07, 6.45) is 0. The average Bonchev–Trinajstić information content (AvgIpc) is 2.07. The Labute approximate surface area is 168 Å². The molecule has 0 unspecified atom stereocenters. The molecule has 0 bridgehead atoms. The molecule has 0 aromatic heterocycles. The Balaban J connectivity index is -0.0000000646. The molecule has 0 saturated carbocycles. The summed E-state index contributed by atoms with van der Waals surface area (Å²) in [4.78, 5) is 9.34. The molecule has 0 aliphatic heterocycles. The van der Waals surface area contributed by atoms with Gasteiger partial charge in [-0.2, -0.15) is 0 Å². The van der Waals surface area contributed by atoms with Crippen molar-refractivity contribution in [2.45, 2.75) is 7.43 Å². The molecule has 0 aliphatic rings. The van der Waals surface area contributed by atoms with E-state index in [1.165, 1.54) is 0 Å². The molecule has 4 nitrogen and oxygen atoms in total. The van der Waals surface area contributed by atoms with Crippen molar-refractivity contribution < 1.29 is 29.7 Å². The second-order valence-corrected chi connectivity index (χ2v) is 48.7. The van der Waals surface area contributed by atoms with Crippen LogP contribution >= 0.6 is 45.9 Å². The Morgan fingerprint density at radius 2 is 0.947 bits per heavy atom. The predicted octanol–water partition coefficient (Wildman–Crippen LogP) is 3.01. The number of hydrogen-bond acceptors (Lipinski definition) is 4. The van der Waals surface area contributed by atoms with Gasteiger partial charge in [0.2, 0.25) is 0 Å². The van der Waals surface area contributed by atoms with Crippen molar-refractivity contribution >= 4 is 92.9 Å². The molecular formula is C7H20AlCl5NaO4Ta. The van der Waals surface area contributed by atoms with Gasteiger partial charge in [-0.25, -0.2) is 9.78 Å². The standard InChI is InChI=1S/C6H14O4.CH4.Al.5ClH.Na.Ta.2H/c1-7-3-5-9-10-6-4-8-2;;;;;;;;;;;/h3-6H2,1-2H3;1H4;;5*1H;;;;/q;;;;;;;;;+5;;/p-5. The molecule has 0 atom stereocenters. The van der Waals surface area contributed by atoms with Crippen LogP contribution in [0.25, 0.3) is 0 Å². The van der Waals surface area contributed by atoms with Gasteiger partial charge in [-0.05, 0) is 0 Å². The van der Waals surface area contributed by atoms with Crippen molar-refractivity contribution in [1.82, 2.24) is 0 Å².